The molecule has 0 bridgehead atoms. The fraction of sp³-hybridized carbons (Fsp3) is 0.357. The summed E-state index contributed by atoms with van der Waals surface area (Å²) in [5.41, 5.74) is 3.78. The number of anilines is 3. The molecule has 6 rings (SSSR count). The molecule has 0 radical (unpaired) electrons. The molecular weight excluding hydrogens is 487 g/mol. The van der Waals surface area contributed by atoms with E-state index in [0.29, 0.717) is 44.1 Å². The standard InChI is InChI=1S/C28H29FN6O3/c1-38-22-3-4-23-18(15-22)6-12-34(28(37)32-23)21-8-10-33(11-9-21)26-16-24(30-17-31-26)27(36)35-13-7-19-14-20(29)2-5-25(19)35/h2-5,14-17,21H,6-13H2,1H3,(H,32,37). The maximum Gasteiger partial charge on any atom is 0.322 e. The number of halogens is 1. The summed E-state index contributed by atoms with van der Waals surface area (Å²) in [5, 5.41) is 3.06. The molecule has 196 valence electrons. The number of hydrogen-bond acceptors (Lipinski definition) is 6. The number of ether oxygens (including phenoxy) is 1. The van der Waals surface area contributed by atoms with Crippen LogP contribution in [0.3, 0.4) is 0 Å². The van der Waals surface area contributed by atoms with Crippen LogP contribution in [0.1, 0.15) is 34.5 Å². The van der Waals surface area contributed by atoms with E-state index in [1.807, 2.05) is 23.1 Å². The summed E-state index contributed by atoms with van der Waals surface area (Å²) in [5.74, 6) is 0.963. The van der Waals surface area contributed by atoms with E-state index in [4.69, 9.17) is 4.74 Å². The van der Waals surface area contributed by atoms with Crippen molar-refractivity contribution in [2.24, 2.45) is 0 Å². The van der Waals surface area contributed by atoms with Gasteiger partial charge in [-0.2, -0.15) is 0 Å². The monoisotopic (exact) mass is 516 g/mol. The molecule has 3 aliphatic rings. The van der Waals surface area contributed by atoms with Crippen LogP contribution in [-0.2, 0) is 12.8 Å². The zero-order valence-electron chi connectivity index (χ0n) is 21.2. The van der Waals surface area contributed by atoms with Gasteiger partial charge >= 0.3 is 6.03 Å². The molecule has 9 nitrogen and oxygen atoms in total. The number of urea groups is 1. The minimum absolute atomic E-state index is 0.0759. The van der Waals surface area contributed by atoms with Crippen LogP contribution in [0.15, 0.2) is 48.8 Å². The molecule has 10 heteroatoms. The largest absolute Gasteiger partial charge is 0.497 e. The lowest BCUT2D eigenvalue weighted by Gasteiger charge is -2.38. The first-order valence-corrected chi connectivity index (χ1v) is 12.9. The number of amides is 3. The molecule has 1 N–H and O–H groups in total. The molecule has 0 aliphatic carbocycles. The maximum atomic E-state index is 13.6. The molecule has 0 spiro atoms. The van der Waals surface area contributed by atoms with Gasteiger partial charge in [0.15, 0.2) is 0 Å². The second kappa shape index (κ2) is 9.92. The molecule has 38 heavy (non-hydrogen) atoms. The lowest BCUT2D eigenvalue weighted by molar-refractivity contribution is 0.0984. The van der Waals surface area contributed by atoms with Crippen molar-refractivity contribution in [1.29, 1.82) is 0 Å². The van der Waals surface area contributed by atoms with Gasteiger partial charge in [0, 0.05) is 49.7 Å². The van der Waals surface area contributed by atoms with Gasteiger partial charge in [-0.1, -0.05) is 0 Å². The second-order valence-electron chi connectivity index (χ2n) is 9.86. The number of carbonyl (C=O) groups excluding carboxylic acids is 2. The molecule has 2 aromatic carbocycles. The Kier molecular flexibility index (Phi) is 6.30. The SMILES string of the molecule is COc1ccc2c(c1)CCN(C1CCN(c3cc(C(=O)N4CCc5cc(F)ccc54)ncn3)CC1)C(=O)N2. The van der Waals surface area contributed by atoms with Crippen LogP contribution < -0.4 is 19.9 Å². The average Bonchev–Trinajstić information content (AvgIpc) is 3.28. The van der Waals surface area contributed by atoms with Crippen LogP contribution >= 0.6 is 0 Å². The van der Waals surface area contributed by atoms with Gasteiger partial charge in [-0.3, -0.25) is 4.79 Å². The van der Waals surface area contributed by atoms with Crippen molar-refractivity contribution in [3.05, 3.63) is 71.4 Å². The minimum atomic E-state index is -0.298. The number of piperidine rings is 1. The van der Waals surface area contributed by atoms with Crippen LogP contribution in [0.2, 0.25) is 0 Å². The quantitative estimate of drug-likeness (QED) is 0.566. The van der Waals surface area contributed by atoms with E-state index in [1.54, 1.807) is 24.1 Å². The predicted molar refractivity (Wildman–Crippen MR) is 141 cm³/mol. The number of nitrogens with one attached hydrogen (secondary N) is 1. The summed E-state index contributed by atoms with van der Waals surface area (Å²) in [7, 11) is 1.64. The van der Waals surface area contributed by atoms with Gasteiger partial charge in [0.1, 0.15) is 29.4 Å². The van der Waals surface area contributed by atoms with Gasteiger partial charge in [-0.05, 0) is 73.2 Å². The Morgan fingerprint density at radius 2 is 1.82 bits per heavy atom. The number of carbonyl (C=O) groups is 2. The molecule has 0 saturated carbocycles. The van der Waals surface area contributed by atoms with Crippen molar-refractivity contribution in [2.75, 3.05) is 48.4 Å². The Hall–Kier alpha value is -4.21. The van der Waals surface area contributed by atoms with Crippen LogP contribution in [0.25, 0.3) is 0 Å². The van der Waals surface area contributed by atoms with Crippen LogP contribution in [0.4, 0.5) is 26.4 Å². The van der Waals surface area contributed by atoms with E-state index in [0.717, 1.165) is 47.5 Å². The lowest BCUT2D eigenvalue weighted by atomic mass is 10.0. The van der Waals surface area contributed by atoms with Gasteiger partial charge in [-0.25, -0.2) is 19.2 Å². The van der Waals surface area contributed by atoms with E-state index in [-0.39, 0.29) is 23.8 Å². The fourth-order valence-electron chi connectivity index (χ4n) is 5.67. The molecule has 0 atom stereocenters. The van der Waals surface area contributed by atoms with Crippen LogP contribution in [-0.4, -0.2) is 66.1 Å². The third-order valence-electron chi connectivity index (χ3n) is 7.72. The average molecular weight is 517 g/mol. The number of methoxy groups -OCH3 is 1. The first-order valence-electron chi connectivity index (χ1n) is 12.9. The van der Waals surface area contributed by atoms with Crippen LogP contribution in [0, 0.1) is 5.82 Å². The Balaban J connectivity index is 1.11. The van der Waals surface area contributed by atoms with Gasteiger partial charge in [-0.15, -0.1) is 0 Å². The van der Waals surface area contributed by atoms with Crippen molar-refractivity contribution in [1.82, 2.24) is 14.9 Å². The van der Waals surface area contributed by atoms with Gasteiger partial charge in [0.2, 0.25) is 0 Å². The number of fused-ring (bicyclic) bond motifs is 2. The summed E-state index contributed by atoms with van der Waals surface area (Å²) in [4.78, 5) is 40.7. The zero-order valence-corrected chi connectivity index (χ0v) is 21.2. The molecular formula is C28H29FN6O3. The number of rotatable bonds is 4. The summed E-state index contributed by atoms with van der Waals surface area (Å²) in [6, 6.07) is 12.0. The number of nitrogens with zero attached hydrogens (tertiary/aromatic N) is 5. The van der Waals surface area contributed by atoms with Crippen LogP contribution in [0.5, 0.6) is 5.75 Å². The summed E-state index contributed by atoms with van der Waals surface area (Å²) >= 11 is 0. The van der Waals surface area contributed by atoms with E-state index < -0.39 is 0 Å². The summed E-state index contributed by atoms with van der Waals surface area (Å²) in [6.07, 6.45) is 4.39. The number of hydrogen-bond donors (Lipinski definition) is 1. The van der Waals surface area contributed by atoms with E-state index in [2.05, 4.69) is 20.2 Å². The molecule has 1 saturated heterocycles. The number of benzene rings is 2. The highest BCUT2D eigenvalue weighted by atomic mass is 19.1. The minimum Gasteiger partial charge on any atom is -0.497 e. The first kappa shape index (κ1) is 24.1. The van der Waals surface area contributed by atoms with Gasteiger partial charge in [0.05, 0.1) is 7.11 Å². The predicted octanol–water partition coefficient (Wildman–Crippen LogP) is 3.89. The topological polar surface area (TPSA) is 90.9 Å². The Labute approximate surface area is 220 Å². The van der Waals surface area contributed by atoms with Crippen molar-refractivity contribution in [2.45, 2.75) is 31.7 Å². The summed E-state index contributed by atoms with van der Waals surface area (Å²) in [6.45, 7) is 2.57. The lowest BCUT2D eigenvalue weighted by Crippen LogP contribution is -2.49. The number of aromatic nitrogens is 2. The molecule has 3 amide bonds. The first-order chi connectivity index (χ1) is 18.5. The van der Waals surface area contributed by atoms with E-state index >= 15 is 0 Å². The van der Waals surface area contributed by atoms with E-state index in [9.17, 15) is 14.0 Å². The fourth-order valence-corrected chi connectivity index (χ4v) is 5.67. The van der Waals surface area contributed by atoms with Crippen molar-refractivity contribution < 1.29 is 18.7 Å². The van der Waals surface area contributed by atoms with Crippen molar-refractivity contribution >= 4 is 29.1 Å². The maximum absolute atomic E-state index is 13.6. The second-order valence-corrected chi connectivity index (χ2v) is 9.86. The van der Waals surface area contributed by atoms with Crippen molar-refractivity contribution in [3.63, 3.8) is 0 Å². The summed E-state index contributed by atoms with van der Waals surface area (Å²) < 4.78 is 18.9. The molecule has 0 unspecified atom stereocenters. The smallest absolute Gasteiger partial charge is 0.322 e. The van der Waals surface area contributed by atoms with Crippen molar-refractivity contribution in [3.8, 4) is 5.75 Å². The highest BCUT2D eigenvalue weighted by Gasteiger charge is 2.31. The molecule has 4 heterocycles. The van der Waals surface area contributed by atoms with E-state index in [1.165, 1.54) is 18.5 Å². The molecule has 3 aliphatic heterocycles. The Bertz CT molecular complexity index is 1390. The van der Waals surface area contributed by atoms with Gasteiger partial charge < -0.3 is 24.8 Å². The third kappa shape index (κ3) is 4.51. The normalized spacial score (nSPS) is 17.5. The molecule has 1 aromatic heterocycles. The Morgan fingerprint density at radius 1 is 1.00 bits per heavy atom. The molecule has 1 fully saturated rings. The molecule has 3 aromatic rings. The highest BCUT2D eigenvalue weighted by Crippen LogP contribution is 2.31. The van der Waals surface area contributed by atoms with Gasteiger partial charge in [0.25, 0.3) is 5.91 Å². The zero-order chi connectivity index (χ0) is 26.2. The highest BCUT2D eigenvalue weighted by molar-refractivity contribution is 6.06. The Morgan fingerprint density at radius 3 is 2.63 bits per heavy atom. The third-order valence-corrected chi connectivity index (χ3v) is 7.72.